The number of ether oxygens (including phenoxy) is 3. The van der Waals surface area contributed by atoms with Gasteiger partial charge in [0.25, 0.3) is 0 Å². The molecule has 1 heterocycles. The van der Waals surface area contributed by atoms with Crippen molar-refractivity contribution in [1.29, 1.82) is 0 Å². The quantitative estimate of drug-likeness (QED) is 0.868. The van der Waals surface area contributed by atoms with Crippen LogP contribution in [0.3, 0.4) is 0 Å². The molecule has 1 saturated heterocycles. The predicted molar refractivity (Wildman–Crippen MR) is 63.4 cm³/mol. The van der Waals surface area contributed by atoms with E-state index in [1.165, 1.54) is 0 Å². The van der Waals surface area contributed by atoms with Crippen LogP contribution in [-0.2, 0) is 4.74 Å². The van der Waals surface area contributed by atoms with E-state index in [0.717, 1.165) is 23.5 Å². The lowest BCUT2D eigenvalue weighted by Gasteiger charge is -2.19. The number of methoxy groups -OCH3 is 2. The predicted octanol–water partition coefficient (Wildman–Crippen LogP) is 1.77. The Kier molecular flexibility index (Phi) is 3.86. The van der Waals surface area contributed by atoms with Crippen molar-refractivity contribution in [1.82, 2.24) is 0 Å². The topological polar surface area (TPSA) is 47.9 Å². The fourth-order valence-electron chi connectivity index (χ4n) is 2.22. The van der Waals surface area contributed by atoms with Gasteiger partial charge in [-0.15, -0.1) is 0 Å². The lowest BCUT2D eigenvalue weighted by Crippen LogP contribution is -2.12. The summed E-state index contributed by atoms with van der Waals surface area (Å²) < 4.78 is 16.2. The van der Waals surface area contributed by atoms with Crippen LogP contribution in [0.2, 0.25) is 0 Å². The average Bonchev–Trinajstić information content (AvgIpc) is 2.85. The van der Waals surface area contributed by atoms with Crippen molar-refractivity contribution in [3.8, 4) is 11.5 Å². The van der Waals surface area contributed by atoms with Crippen molar-refractivity contribution in [2.24, 2.45) is 5.92 Å². The summed E-state index contributed by atoms with van der Waals surface area (Å²) in [6.07, 6.45) is 0.803. The standard InChI is InChI=1S/C13H18O4/c1-15-10-3-4-11(12(7-10)16-2)13-9(8-14)5-6-17-13/h3-4,7,9,13-14H,5-6,8H2,1-2H3. The first-order valence-electron chi connectivity index (χ1n) is 5.74. The molecule has 2 unspecified atom stereocenters. The molecule has 0 radical (unpaired) electrons. The summed E-state index contributed by atoms with van der Waals surface area (Å²) in [5.41, 5.74) is 0.977. The number of hydrogen-bond acceptors (Lipinski definition) is 4. The lowest BCUT2D eigenvalue weighted by molar-refractivity contribution is 0.0700. The highest BCUT2D eigenvalue weighted by Crippen LogP contribution is 2.39. The SMILES string of the molecule is COc1ccc(C2OCCC2CO)c(OC)c1. The van der Waals surface area contributed by atoms with Gasteiger partial charge in [-0.2, -0.15) is 0 Å². The summed E-state index contributed by atoms with van der Waals surface area (Å²) in [5.74, 6) is 1.65. The van der Waals surface area contributed by atoms with Crippen molar-refractivity contribution in [3.63, 3.8) is 0 Å². The Morgan fingerprint density at radius 3 is 2.82 bits per heavy atom. The average molecular weight is 238 g/mol. The third kappa shape index (κ3) is 2.37. The molecule has 1 aliphatic rings. The van der Waals surface area contributed by atoms with E-state index in [0.29, 0.717) is 6.61 Å². The molecule has 0 bridgehead atoms. The molecule has 17 heavy (non-hydrogen) atoms. The number of aliphatic hydroxyl groups is 1. The van der Waals surface area contributed by atoms with Gasteiger partial charge >= 0.3 is 0 Å². The van der Waals surface area contributed by atoms with Crippen LogP contribution in [-0.4, -0.2) is 32.5 Å². The third-order valence-corrected chi connectivity index (χ3v) is 3.20. The summed E-state index contributed by atoms with van der Waals surface area (Å²) in [4.78, 5) is 0. The number of rotatable bonds is 4. The van der Waals surface area contributed by atoms with Crippen LogP contribution in [0.5, 0.6) is 11.5 Å². The second kappa shape index (κ2) is 5.38. The Balaban J connectivity index is 2.30. The van der Waals surface area contributed by atoms with Crippen LogP contribution in [0.1, 0.15) is 18.1 Å². The maximum atomic E-state index is 9.32. The minimum Gasteiger partial charge on any atom is -0.497 e. The molecule has 0 aliphatic carbocycles. The van der Waals surface area contributed by atoms with Crippen molar-refractivity contribution in [3.05, 3.63) is 23.8 Å². The number of hydrogen-bond donors (Lipinski definition) is 1. The molecule has 4 heteroatoms. The van der Waals surface area contributed by atoms with Gasteiger partial charge in [0.05, 0.1) is 20.3 Å². The molecule has 0 amide bonds. The van der Waals surface area contributed by atoms with Gasteiger partial charge in [-0.05, 0) is 18.6 Å². The van der Waals surface area contributed by atoms with Gasteiger partial charge in [-0.25, -0.2) is 0 Å². The summed E-state index contributed by atoms with van der Waals surface area (Å²) in [7, 11) is 3.25. The molecule has 2 atom stereocenters. The third-order valence-electron chi connectivity index (χ3n) is 3.20. The van der Waals surface area contributed by atoms with E-state index in [1.807, 2.05) is 18.2 Å². The lowest BCUT2D eigenvalue weighted by atomic mass is 9.95. The van der Waals surface area contributed by atoms with Crippen molar-refractivity contribution in [2.45, 2.75) is 12.5 Å². The Hall–Kier alpha value is -1.26. The maximum Gasteiger partial charge on any atom is 0.128 e. The van der Waals surface area contributed by atoms with E-state index in [9.17, 15) is 5.11 Å². The zero-order chi connectivity index (χ0) is 12.3. The molecule has 1 aromatic carbocycles. The molecule has 0 aromatic heterocycles. The van der Waals surface area contributed by atoms with Crippen LogP contribution in [0, 0.1) is 5.92 Å². The van der Waals surface area contributed by atoms with Crippen LogP contribution < -0.4 is 9.47 Å². The van der Waals surface area contributed by atoms with E-state index >= 15 is 0 Å². The molecule has 2 rings (SSSR count). The summed E-state index contributed by atoms with van der Waals surface area (Å²) in [5, 5.41) is 9.32. The van der Waals surface area contributed by atoms with E-state index < -0.39 is 0 Å². The molecule has 1 N–H and O–H groups in total. The molecule has 94 valence electrons. The highest BCUT2D eigenvalue weighted by Gasteiger charge is 2.31. The fraction of sp³-hybridized carbons (Fsp3) is 0.538. The summed E-state index contributed by atoms with van der Waals surface area (Å²) in [6, 6.07) is 5.66. The zero-order valence-electron chi connectivity index (χ0n) is 10.2. The first-order valence-corrected chi connectivity index (χ1v) is 5.74. The molecular formula is C13H18O4. The Morgan fingerprint density at radius 1 is 1.35 bits per heavy atom. The molecule has 0 saturated carbocycles. The minimum absolute atomic E-state index is 0.0825. The Morgan fingerprint density at radius 2 is 2.18 bits per heavy atom. The van der Waals surface area contributed by atoms with Crippen LogP contribution >= 0.6 is 0 Å². The smallest absolute Gasteiger partial charge is 0.128 e. The van der Waals surface area contributed by atoms with Gasteiger partial charge in [0.1, 0.15) is 11.5 Å². The van der Waals surface area contributed by atoms with Gasteiger partial charge in [0.2, 0.25) is 0 Å². The molecule has 1 aliphatic heterocycles. The largest absolute Gasteiger partial charge is 0.497 e. The zero-order valence-corrected chi connectivity index (χ0v) is 10.2. The van der Waals surface area contributed by atoms with Gasteiger partial charge < -0.3 is 19.3 Å². The molecular weight excluding hydrogens is 220 g/mol. The van der Waals surface area contributed by atoms with Gasteiger partial charge in [-0.1, -0.05) is 0 Å². The molecule has 0 spiro atoms. The Labute approximate surface area is 101 Å². The van der Waals surface area contributed by atoms with E-state index in [4.69, 9.17) is 14.2 Å². The van der Waals surface area contributed by atoms with E-state index in [-0.39, 0.29) is 18.6 Å². The van der Waals surface area contributed by atoms with E-state index in [2.05, 4.69) is 0 Å². The minimum atomic E-state index is -0.0825. The molecule has 1 fully saturated rings. The number of benzene rings is 1. The maximum absolute atomic E-state index is 9.32. The van der Waals surface area contributed by atoms with Crippen molar-refractivity contribution in [2.75, 3.05) is 27.4 Å². The van der Waals surface area contributed by atoms with Crippen LogP contribution in [0.25, 0.3) is 0 Å². The molecule has 1 aromatic rings. The monoisotopic (exact) mass is 238 g/mol. The summed E-state index contributed by atoms with van der Waals surface area (Å²) in [6.45, 7) is 0.824. The van der Waals surface area contributed by atoms with Crippen LogP contribution in [0.4, 0.5) is 0 Å². The van der Waals surface area contributed by atoms with E-state index in [1.54, 1.807) is 14.2 Å². The molecule has 4 nitrogen and oxygen atoms in total. The van der Waals surface area contributed by atoms with Crippen molar-refractivity contribution >= 4 is 0 Å². The number of aliphatic hydroxyl groups excluding tert-OH is 1. The highest BCUT2D eigenvalue weighted by molar-refractivity contribution is 5.42. The fourth-order valence-corrected chi connectivity index (χ4v) is 2.22. The second-order valence-electron chi connectivity index (χ2n) is 4.13. The highest BCUT2D eigenvalue weighted by atomic mass is 16.5. The first-order chi connectivity index (χ1) is 8.30. The van der Waals surface area contributed by atoms with Gasteiger partial charge in [0.15, 0.2) is 0 Å². The second-order valence-corrected chi connectivity index (χ2v) is 4.13. The first kappa shape index (κ1) is 12.2. The van der Waals surface area contributed by atoms with Gasteiger partial charge in [0, 0.05) is 30.8 Å². The summed E-state index contributed by atoms with van der Waals surface area (Å²) >= 11 is 0. The Bertz CT molecular complexity index is 378. The van der Waals surface area contributed by atoms with Gasteiger partial charge in [-0.3, -0.25) is 0 Å². The van der Waals surface area contributed by atoms with Crippen molar-refractivity contribution < 1.29 is 19.3 Å². The normalized spacial score (nSPS) is 23.7. The van der Waals surface area contributed by atoms with Crippen LogP contribution in [0.15, 0.2) is 18.2 Å².